The summed E-state index contributed by atoms with van der Waals surface area (Å²) in [6, 6.07) is 9.20. The molecule has 0 amide bonds. The van der Waals surface area contributed by atoms with Gasteiger partial charge in [0.1, 0.15) is 17.0 Å². The summed E-state index contributed by atoms with van der Waals surface area (Å²) in [6.45, 7) is 6.14. The second kappa shape index (κ2) is 7.35. The van der Waals surface area contributed by atoms with E-state index in [0.29, 0.717) is 34.6 Å². The topological polar surface area (TPSA) is 89.6 Å². The van der Waals surface area contributed by atoms with E-state index in [4.69, 9.17) is 0 Å². The number of phenolic OH excluding ortho intramolecular Hbond substituents is 1. The Morgan fingerprint density at radius 1 is 1.13 bits per heavy atom. The van der Waals surface area contributed by atoms with Crippen LogP contribution in [0.1, 0.15) is 31.5 Å². The molecular weight excluding hydrogens is 393 g/mol. The smallest absolute Gasteiger partial charge is 0.159 e. The van der Waals surface area contributed by atoms with E-state index in [-0.39, 0.29) is 11.3 Å². The van der Waals surface area contributed by atoms with E-state index in [1.54, 1.807) is 24.3 Å². The summed E-state index contributed by atoms with van der Waals surface area (Å²) in [6.07, 6.45) is 4.94. The lowest BCUT2D eigenvalue weighted by molar-refractivity contribution is 0.475. The van der Waals surface area contributed by atoms with Crippen LogP contribution in [0.5, 0.6) is 5.75 Å². The van der Waals surface area contributed by atoms with E-state index < -0.39 is 5.82 Å². The van der Waals surface area contributed by atoms with Gasteiger partial charge in [0.15, 0.2) is 11.6 Å². The Kier molecular flexibility index (Phi) is 4.63. The molecule has 0 aliphatic carbocycles. The number of aromatic hydroxyl groups is 1. The van der Waals surface area contributed by atoms with E-state index in [0.717, 1.165) is 23.2 Å². The average Bonchev–Trinajstić information content (AvgIpc) is 3.35. The number of aryl methyl sites for hydroxylation is 1. The summed E-state index contributed by atoms with van der Waals surface area (Å²) in [5.74, 6) is 0.389. The Bertz CT molecular complexity index is 1320. The molecule has 158 valence electrons. The molecule has 0 bridgehead atoms. The standard InChI is InChI=1S/C24H24FN5O/c1-12-8-16(31)4-5-17(12)18-6-7-19-22(21(18)25)29-30-23(19)24-26-11-20(28-24)15-9-13(2)27-14(3)10-15/h4-9,11,13-14,27,31H,10H2,1-3H3,(H,26,28)(H,29,30)/t13-,14+/m1/s1. The number of H-pyrrole nitrogens is 2. The number of nitrogens with zero attached hydrogens (tertiary/aromatic N) is 2. The maximum absolute atomic E-state index is 15.4. The van der Waals surface area contributed by atoms with Gasteiger partial charge in [-0.05, 0) is 62.1 Å². The van der Waals surface area contributed by atoms with E-state index in [2.05, 4.69) is 45.4 Å². The number of hydrogen-bond donors (Lipinski definition) is 4. The number of fused-ring (bicyclic) bond motifs is 1. The monoisotopic (exact) mass is 417 g/mol. The van der Waals surface area contributed by atoms with E-state index >= 15 is 4.39 Å². The molecule has 2 atom stereocenters. The molecule has 3 heterocycles. The molecule has 1 aliphatic rings. The number of benzene rings is 2. The van der Waals surface area contributed by atoms with Crippen LogP contribution >= 0.6 is 0 Å². The van der Waals surface area contributed by atoms with Crippen LogP contribution in [-0.2, 0) is 0 Å². The van der Waals surface area contributed by atoms with Crippen LogP contribution in [0, 0.1) is 12.7 Å². The van der Waals surface area contributed by atoms with Crippen molar-refractivity contribution in [3.05, 3.63) is 59.7 Å². The minimum absolute atomic E-state index is 0.158. The van der Waals surface area contributed by atoms with Crippen molar-refractivity contribution < 1.29 is 9.50 Å². The molecule has 2 aromatic carbocycles. The third-order valence-corrected chi connectivity index (χ3v) is 5.85. The van der Waals surface area contributed by atoms with Crippen LogP contribution < -0.4 is 5.32 Å². The van der Waals surface area contributed by atoms with Crippen molar-refractivity contribution in [2.45, 2.75) is 39.3 Å². The Morgan fingerprint density at radius 2 is 1.94 bits per heavy atom. The van der Waals surface area contributed by atoms with Crippen molar-refractivity contribution in [2.24, 2.45) is 0 Å². The van der Waals surface area contributed by atoms with Crippen LogP contribution in [0.2, 0.25) is 0 Å². The minimum Gasteiger partial charge on any atom is -0.508 e. The van der Waals surface area contributed by atoms with Gasteiger partial charge in [0.25, 0.3) is 0 Å². The van der Waals surface area contributed by atoms with Gasteiger partial charge < -0.3 is 15.4 Å². The molecule has 4 N–H and O–H groups in total. The van der Waals surface area contributed by atoms with Crippen LogP contribution in [0.25, 0.3) is 39.1 Å². The Hall–Kier alpha value is -3.45. The predicted octanol–water partition coefficient (Wildman–Crippen LogP) is 4.93. The molecule has 0 radical (unpaired) electrons. The maximum atomic E-state index is 15.4. The molecule has 31 heavy (non-hydrogen) atoms. The molecular formula is C24H24FN5O. The zero-order chi connectivity index (χ0) is 21.7. The molecule has 4 aromatic rings. The van der Waals surface area contributed by atoms with Crippen LogP contribution in [0.3, 0.4) is 0 Å². The number of hydrogen-bond acceptors (Lipinski definition) is 4. The van der Waals surface area contributed by atoms with Crippen molar-refractivity contribution in [1.29, 1.82) is 0 Å². The number of rotatable bonds is 3. The van der Waals surface area contributed by atoms with Crippen molar-refractivity contribution in [3.63, 3.8) is 0 Å². The van der Waals surface area contributed by atoms with Gasteiger partial charge in [-0.2, -0.15) is 5.10 Å². The normalized spacial score (nSPS) is 19.0. The number of phenols is 1. The first-order valence-electron chi connectivity index (χ1n) is 10.4. The van der Waals surface area contributed by atoms with Gasteiger partial charge in [0, 0.05) is 23.0 Å². The predicted molar refractivity (Wildman–Crippen MR) is 120 cm³/mol. The summed E-state index contributed by atoms with van der Waals surface area (Å²) >= 11 is 0. The van der Waals surface area contributed by atoms with Gasteiger partial charge >= 0.3 is 0 Å². The lowest BCUT2D eigenvalue weighted by Gasteiger charge is -2.25. The lowest BCUT2D eigenvalue weighted by Crippen LogP contribution is -2.36. The molecule has 6 nitrogen and oxygen atoms in total. The highest BCUT2D eigenvalue weighted by molar-refractivity contribution is 5.94. The van der Waals surface area contributed by atoms with Gasteiger partial charge in [-0.25, -0.2) is 9.37 Å². The third-order valence-electron chi connectivity index (χ3n) is 5.85. The summed E-state index contributed by atoms with van der Waals surface area (Å²) in [5, 5.41) is 21.0. The minimum atomic E-state index is -0.399. The van der Waals surface area contributed by atoms with Crippen molar-refractivity contribution in [2.75, 3.05) is 0 Å². The first-order valence-corrected chi connectivity index (χ1v) is 10.4. The maximum Gasteiger partial charge on any atom is 0.159 e. The van der Waals surface area contributed by atoms with Crippen molar-refractivity contribution in [3.8, 4) is 28.4 Å². The largest absolute Gasteiger partial charge is 0.508 e. The molecule has 5 rings (SSSR count). The van der Waals surface area contributed by atoms with E-state index in [9.17, 15) is 5.11 Å². The van der Waals surface area contributed by atoms with Gasteiger partial charge in [0.05, 0.1) is 11.9 Å². The molecule has 0 unspecified atom stereocenters. The van der Waals surface area contributed by atoms with E-state index in [1.165, 1.54) is 5.57 Å². The van der Waals surface area contributed by atoms with Crippen molar-refractivity contribution in [1.82, 2.24) is 25.5 Å². The first-order chi connectivity index (χ1) is 14.9. The summed E-state index contributed by atoms with van der Waals surface area (Å²) in [4.78, 5) is 7.90. The van der Waals surface area contributed by atoms with Gasteiger partial charge in [-0.3, -0.25) is 5.10 Å². The quantitative estimate of drug-likeness (QED) is 0.381. The zero-order valence-electron chi connectivity index (χ0n) is 17.6. The molecule has 0 saturated heterocycles. The number of aromatic nitrogens is 4. The zero-order valence-corrected chi connectivity index (χ0v) is 17.6. The number of imidazole rings is 1. The molecule has 0 saturated carbocycles. The molecule has 0 fully saturated rings. The van der Waals surface area contributed by atoms with Gasteiger partial charge in [-0.1, -0.05) is 18.2 Å². The second-order valence-corrected chi connectivity index (χ2v) is 8.32. The summed E-state index contributed by atoms with van der Waals surface area (Å²) < 4.78 is 15.4. The van der Waals surface area contributed by atoms with Crippen LogP contribution in [0.4, 0.5) is 4.39 Å². The van der Waals surface area contributed by atoms with Crippen molar-refractivity contribution >= 4 is 16.5 Å². The SMILES string of the molecule is Cc1cc(O)ccc1-c1ccc2c(-c3ncc(C4=C[C@@H](C)N[C@@H](C)C4)[nH]3)[nH]nc2c1F. The lowest BCUT2D eigenvalue weighted by atomic mass is 9.97. The van der Waals surface area contributed by atoms with Crippen LogP contribution in [-0.4, -0.2) is 37.4 Å². The molecule has 7 heteroatoms. The molecule has 0 spiro atoms. The van der Waals surface area contributed by atoms with E-state index in [1.807, 2.05) is 19.2 Å². The molecule has 1 aliphatic heterocycles. The third kappa shape index (κ3) is 3.41. The average molecular weight is 417 g/mol. The Morgan fingerprint density at radius 3 is 2.71 bits per heavy atom. The second-order valence-electron chi connectivity index (χ2n) is 8.32. The van der Waals surface area contributed by atoms with Gasteiger partial charge in [0.2, 0.25) is 0 Å². The highest BCUT2D eigenvalue weighted by atomic mass is 19.1. The van der Waals surface area contributed by atoms with Crippen LogP contribution in [0.15, 0.2) is 42.6 Å². The fourth-order valence-corrected chi connectivity index (χ4v) is 4.45. The Labute approximate surface area is 179 Å². The molecule has 2 aromatic heterocycles. The highest BCUT2D eigenvalue weighted by Gasteiger charge is 2.21. The fraction of sp³-hybridized carbons (Fsp3) is 0.250. The van der Waals surface area contributed by atoms with Gasteiger partial charge in [-0.15, -0.1) is 0 Å². The number of nitrogens with one attached hydrogen (secondary N) is 3. The Balaban J connectivity index is 1.54. The highest BCUT2D eigenvalue weighted by Crippen LogP contribution is 2.35. The first kappa shape index (κ1) is 19.5. The number of halogens is 1. The summed E-state index contributed by atoms with van der Waals surface area (Å²) in [7, 11) is 0. The number of aromatic amines is 2. The summed E-state index contributed by atoms with van der Waals surface area (Å²) in [5.41, 5.74) is 5.08. The fourth-order valence-electron chi connectivity index (χ4n) is 4.45.